The van der Waals surface area contributed by atoms with E-state index in [9.17, 15) is 9.59 Å². The number of hydrogen-bond acceptors (Lipinski definition) is 6. The van der Waals surface area contributed by atoms with Crippen LogP contribution in [0.1, 0.15) is 37.7 Å². The molecular formula is C29H29BrN4O4. The minimum Gasteiger partial charge on any atom is -0.493 e. The van der Waals surface area contributed by atoms with E-state index in [2.05, 4.69) is 26.3 Å². The number of ether oxygens (including phenoxy) is 2. The Labute approximate surface area is 229 Å². The van der Waals surface area contributed by atoms with Gasteiger partial charge in [-0.05, 0) is 60.5 Å². The summed E-state index contributed by atoms with van der Waals surface area (Å²) in [5.41, 5.74) is 2.31. The number of fused-ring (bicyclic) bond motifs is 1. The van der Waals surface area contributed by atoms with E-state index in [4.69, 9.17) is 14.5 Å². The third-order valence-corrected chi connectivity index (χ3v) is 6.26. The van der Waals surface area contributed by atoms with Crippen LogP contribution in [0, 0.1) is 6.92 Å². The zero-order valence-corrected chi connectivity index (χ0v) is 23.5. The second-order valence-electron chi connectivity index (χ2n) is 9.77. The van der Waals surface area contributed by atoms with Crippen LogP contribution in [0.4, 0.5) is 5.69 Å². The minimum atomic E-state index is -0.425. The van der Waals surface area contributed by atoms with Gasteiger partial charge < -0.3 is 14.8 Å². The van der Waals surface area contributed by atoms with Gasteiger partial charge in [-0.1, -0.05) is 54.9 Å². The van der Waals surface area contributed by atoms with Gasteiger partial charge in [-0.15, -0.1) is 0 Å². The van der Waals surface area contributed by atoms with E-state index in [-0.39, 0.29) is 18.1 Å². The highest BCUT2D eigenvalue weighted by Gasteiger charge is 2.23. The topological polar surface area (TPSA) is 94.8 Å². The van der Waals surface area contributed by atoms with Gasteiger partial charge in [0.2, 0.25) is 0 Å². The molecule has 1 amide bonds. The van der Waals surface area contributed by atoms with Crippen LogP contribution in [0.5, 0.6) is 11.5 Å². The third kappa shape index (κ3) is 6.11. The number of nitrogens with one attached hydrogen (secondary N) is 1. The van der Waals surface area contributed by atoms with E-state index >= 15 is 0 Å². The predicted octanol–water partition coefficient (Wildman–Crippen LogP) is 5.67. The molecule has 4 aromatic rings. The Kier molecular flexibility index (Phi) is 7.97. The third-order valence-electron chi connectivity index (χ3n) is 5.77. The lowest BCUT2D eigenvalue weighted by atomic mass is 9.95. The first-order chi connectivity index (χ1) is 18.1. The standard InChI is InChI=1S/C29H29BrN4O4/c1-18-8-6-7-9-22(18)32-26(35)17-38-24-13-10-19(14-25(24)37-5)16-31-34-27(36)21-15-20(30)11-12-23(21)33-28(34)29(2,3)4/h6-16H,17H2,1-5H3,(H,32,35). The van der Waals surface area contributed by atoms with Gasteiger partial charge in [0.15, 0.2) is 18.1 Å². The molecule has 0 aliphatic carbocycles. The Morgan fingerprint density at radius 3 is 2.58 bits per heavy atom. The molecule has 0 spiro atoms. The van der Waals surface area contributed by atoms with Crippen molar-refractivity contribution in [3.05, 3.63) is 92.4 Å². The highest BCUT2D eigenvalue weighted by molar-refractivity contribution is 9.10. The first-order valence-corrected chi connectivity index (χ1v) is 12.8. The second-order valence-corrected chi connectivity index (χ2v) is 10.7. The largest absolute Gasteiger partial charge is 0.493 e. The average Bonchev–Trinajstić information content (AvgIpc) is 2.88. The second kappa shape index (κ2) is 11.2. The summed E-state index contributed by atoms with van der Waals surface area (Å²) in [6.07, 6.45) is 1.57. The number of amides is 1. The van der Waals surface area contributed by atoms with Crippen LogP contribution < -0.4 is 20.3 Å². The van der Waals surface area contributed by atoms with Gasteiger partial charge in [-0.3, -0.25) is 9.59 Å². The smallest absolute Gasteiger partial charge is 0.282 e. The van der Waals surface area contributed by atoms with Crippen molar-refractivity contribution in [3.8, 4) is 11.5 Å². The predicted molar refractivity (Wildman–Crippen MR) is 154 cm³/mol. The number of aryl methyl sites for hydroxylation is 1. The van der Waals surface area contributed by atoms with Crippen LogP contribution in [0.25, 0.3) is 10.9 Å². The van der Waals surface area contributed by atoms with Crippen molar-refractivity contribution in [2.75, 3.05) is 19.0 Å². The van der Waals surface area contributed by atoms with E-state index in [0.29, 0.717) is 33.8 Å². The molecule has 1 heterocycles. The molecular weight excluding hydrogens is 548 g/mol. The van der Waals surface area contributed by atoms with Crippen LogP contribution in [0.3, 0.4) is 0 Å². The number of hydrogen-bond donors (Lipinski definition) is 1. The van der Waals surface area contributed by atoms with E-state index in [1.807, 2.05) is 64.1 Å². The molecule has 0 fully saturated rings. The maximum absolute atomic E-state index is 13.4. The van der Waals surface area contributed by atoms with Gasteiger partial charge in [-0.25, -0.2) is 4.98 Å². The number of aromatic nitrogens is 2. The zero-order chi connectivity index (χ0) is 27.4. The Morgan fingerprint density at radius 1 is 1.11 bits per heavy atom. The van der Waals surface area contributed by atoms with E-state index < -0.39 is 5.41 Å². The molecule has 196 valence electrons. The molecule has 0 unspecified atom stereocenters. The van der Waals surface area contributed by atoms with Crippen molar-refractivity contribution in [1.29, 1.82) is 0 Å². The number of carbonyl (C=O) groups is 1. The zero-order valence-electron chi connectivity index (χ0n) is 21.9. The van der Waals surface area contributed by atoms with E-state index in [1.54, 1.807) is 30.5 Å². The van der Waals surface area contributed by atoms with Gasteiger partial charge in [0.05, 0.1) is 24.2 Å². The van der Waals surface area contributed by atoms with Crippen LogP contribution in [0.2, 0.25) is 0 Å². The summed E-state index contributed by atoms with van der Waals surface area (Å²) < 4.78 is 13.3. The summed E-state index contributed by atoms with van der Waals surface area (Å²) in [5.74, 6) is 1.10. The molecule has 0 saturated heterocycles. The lowest BCUT2D eigenvalue weighted by Crippen LogP contribution is -2.29. The van der Waals surface area contributed by atoms with Crippen molar-refractivity contribution < 1.29 is 14.3 Å². The average molecular weight is 577 g/mol. The summed E-state index contributed by atoms with van der Waals surface area (Å²) in [6, 6.07) is 18.1. The molecule has 9 heteroatoms. The monoisotopic (exact) mass is 576 g/mol. The number of rotatable bonds is 7. The number of methoxy groups -OCH3 is 1. The molecule has 8 nitrogen and oxygen atoms in total. The van der Waals surface area contributed by atoms with Crippen LogP contribution in [0.15, 0.2) is 75.0 Å². The van der Waals surface area contributed by atoms with Crippen LogP contribution in [-0.2, 0) is 10.2 Å². The molecule has 0 radical (unpaired) electrons. The fourth-order valence-corrected chi connectivity index (χ4v) is 4.15. The highest BCUT2D eigenvalue weighted by Crippen LogP contribution is 2.28. The van der Waals surface area contributed by atoms with Crippen LogP contribution >= 0.6 is 15.9 Å². The minimum absolute atomic E-state index is 0.180. The summed E-state index contributed by atoms with van der Waals surface area (Å²) >= 11 is 3.42. The van der Waals surface area contributed by atoms with Crippen LogP contribution in [-0.4, -0.2) is 35.5 Å². The molecule has 4 rings (SSSR count). The molecule has 0 saturated carbocycles. The van der Waals surface area contributed by atoms with Crippen molar-refractivity contribution >= 4 is 44.6 Å². The van der Waals surface area contributed by atoms with Crippen molar-refractivity contribution in [2.45, 2.75) is 33.1 Å². The number of nitrogens with zero attached hydrogens (tertiary/aromatic N) is 3. The Balaban J connectivity index is 1.58. The first kappa shape index (κ1) is 27.1. The van der Waals surface area contributed by atoms with Crippen molar-refractivity contribution in [3.63, 3.8) is 0 Å². The van der Waals surface area contributed by atoms with Gasteiger partial charge in [-0.2, -0.15) is 9.78 Å². The van der Waals surface area contributed by atoms with Crippen molar-refractivity contribution in [2.24, 2.45) is 5.10 Å². The van der Waals surface area contributed by atoms with Gasteiger partial charge in [0.25, 0.3) is 11.5 Å². The maximum Gasteiger partial charge on any atom is 0.282 e. The molecule has 0 atom stereocenters. The fourth-order valence-electron chi connectivity index (χ4n) is 3.79. The van der Waals surface area contributed by atoms with E-state index in [1.165, 1.54) is 11.8 Å². The number of para-hydroxylation sites is 1. The normalized spacial score (nSPS) is 11.6. The number of benzene rings is 3. The first-order valence-electron chi connectivity index (χ1n) is 12.0. The SMILES string of the molecule is COc1cc(C=Nn2c(C(C)(C)C)nc3ccc(Br)cc3c2=O)ccc1OCC(=O)Nc1ccccc1C. The molecule has 0 aliphatic heterocycles. The lowest BCUT2D eigenvalue weighted by Gasteiger charge is -2.20. The van der Waals surface area contributed by atoms with Crippen molar-refractivity contribution in [1.82, 2.24) is 9.66 Å². The summed E-state index contributed by atoms with van der Waals surface area (Å²) in [6.45, 7) is 7.69. The number of carbonyl (C=O) groups excluding carboxylic acids is 1. The molecule has 1 N–H and O–H groups in total. The lowest BCUT2D eigenvalue weighted by molar-refractivity contribution is -0.118. The summed E-state index contributed by atoms with van der Waals surface area (Å²) in [4.78, 5) is 30.5. The maximum atomic E-state index is 13.4. The molecule has 3 aromatic carbocycles. The summed E-state index contributed by atoms with van der Waals surface area (Å²) in [7, 11) is 1.52. The van der Waals surface area contributed by atoms with Gasteiger partial charge in [0.1, 0.15) is 5.82 Å². The fraction of sp³-hybridized carbons (Fsp3) is 0.241. The quantitative estimate of drug-likeness (QED) is 0.286. The van der Waals surface area contributed by atoms with Gasteiger partial charge in [0, 0.05) is 15.6 Å². The van der Waals surface area contributed by atoms with Gasteiger partial charge >= 0.3 is 0 Å². The molecule has 1 aromatic heterocycles. The molecule has 0 aliphatic rings. The Hall–Kier alpha value is -3.98. The Bertz CT molecular complexity index is 1590. The molecule has 38 heavy (non-hydrogen) atoms. The highest BCUT2D eigenvalue weighted by atomic mass is 79.9. The number of halogens is 1. The Morgan fingerprint density at radius 2 is 1.87 bits per heavy atom. The molecule has 0 bridgehead atoms. The van der Waals surface area contributed by atoms with E-state index in [0.717, 1.165) is 15.7 Å². The summed E-state index contributed by atoms with van der Waals surface area (Å²) in [5, 5.41) is 7.80. The number of anilines is 1.